The zero-order chi connectivity index (χ0) is 23.9. The zero-order valence-corrected chi connectivity index (χ0v) is 19.5. The van der Waals surface area contributed by atoms with Gasteiger partial charge in [-0.25, -0.2) is 24.1 Å². The third-order valence-electron chi connectivity index (χ3n) is 6.34. The van der Waals surface area contributed by atoms with Crippen LogP contribution in [-0.2, 0) is 0 Å². The number of nitrogens with zero attached hydrogens (tertiary/aromatic N) is 4. The van der Waals surface area contributed by atoms with Gasteiger partial charge in [0.15, 0.2) is 5.82 Å². The summed E-state index contributed by atoms with van der Waals surface area (Å²) < 4.78 is 29.8. The van der Waals surface area contributed by atoms with Crippen molar-refractivity contribution < 1.29 is 13.6 Å². The van der Waals surface area contributed by atoms with Gasteiger partial charge in [0, 0.05) is 48.7 Å². The van der Waals surface area contributed by atoms with Crippen molar-refractivity contribution >= 4 is 33.4 Å². The molecule has 4 aromatic rings. The first-order chi connectivity index (χ1) is 17.1. The number of hydrogen-bond donors (Lipinski definition) is 2. The summed E-state index contributed by atoms with van der Waals surface area (Å²) in [7, 11) is 0. The molecule has 1 aliphatic heterocycles. The van der Waals surface area contributed by atoms with Crippen molar-refractivity contribution in [3.63, 3.8) is 0 Å². The normalized spacial score (nSPS) is 15.6. The Labute approximate surface area is 204 Å². The van der Waals surface area contributed by atoms with Gasteiger partial charge < -0.3 is 15.5 Å². The Morgan fingerprint density at radius 2 is 2.03 bits per heavy atom. The first kappa shape index (κ1) is 21.8. The van der Waals surface area contributed by atoms with Crippen LogP contribution in [0.15, 0.2) is 42.7 Å². The van der Waals surface area contributed by atoms with E-state index in [0.29, 0.717) is 42.9 Å². The summed E-state index contributed by atoms with van der Waals surface area (Å²) in [5, 5.41) is 6.77. The Bertz CT molecular complexity index is 1440. The topological polar surface area (TPSA) is 83.0 Å². The molecule has 1 aromatic carbocycles. The van der Waals surface area contributed by atoms with Crippen LogP contribution in [0.4, 0.5) is 19.5 Å². The predicted octanol–water partition coefficient (Wildman–Crippen LogP) is 5.01. The second-order valence-electron chi connectivity index (χ2n) is 8.74. The quantitative estimate of drug-likeness (QED) is 0.354. The lowest BCUT2D eigenvalue weighted by atomic mass is 9.98. The lowest BCUT2D eigenvalue weighted by molar-refractivity contribution is 0.219. The van der Waals surface area contributed by atoms with Crippen LogP contribution in [0.1, 0.15) is 24.3 Å². The number of carbonyl (C=O) groups excluding carboxylic acids is 1. The fourth-order valence-electron chi connectivity index (χ4n) is 4.44. The highest BCUT2D eigenvalue weighted by atomic mass is 32.1. The van der Waals surface area contributed by atoms with Crippen LogP contribution in [0.2, 0.25) is 0 Å². The Balaban J connectivity index is 1.32. The van der Waals surface area contributed by atoms with E-state index >= 15 is 0 Å². The van der Waals surface area contributed by atoms with E-state index in [1.807, 2.05) is 24.3 Å². The van der Waals surface area contributed by atoms with Gasteiger partial charge in [-0.3, -0.25) is 0 Å². The minimum Gasteiger partial charge on any atom is -0.352 e. The van der Waals surface area contributed by atoms with Gasteiger partial charge in [-0.15, -0.1) is 11.3 Å². The van der Waals surface area contributed by atoms with Crippen LogP contribution in [0.25, 0.3) is 31.8 Å². The molecule has 0 unspecified atom stereocenters. The molecule has 1 saturated carbocycles. The predicted molar refractivity (Wildman–Crippen MR) is 131 cm³/mol. The summed E-state index contributed by atoms with van der Waals surface area (Å²) >= 11 is 1.42. The van der Waals surface area contributed by atoms with Crippen LogP contribution in [-0.4, -0.2) is 52.1 Å². The summed E-state index contributed by atoms with van der Waals surface area (Å²) in [4.78, 5) is 26.4. The fraction of sp³-hybridized carbons (Fsp3) is 0.280. The average molecular weight is 493 g/mol. The van der Waals surface area contributed by atoms with E-state index in [1.54, 1.807) is 11.1 Å². The van der Waals surface area contributed by atoms with Crippen LogP contribution in [0.5, 0.6) is 0 Å². The smallest absolute Gasteiger partial charge is 0.317 e. The van der Waals surface area contributed by atoms with Crippen molar-refractivity contribution in [2.45, 2.75) is 18.8 Å². The second-order valence-corrected chi connectivity index (χ2v) is 9.79. The number of pyridine rings is 1. The van der Waals surface area contributed by atoms with Crippen LogP contribution in [0.3, 0.4) is 0 Å². The molecule has 1 saturated heterocycles. The molecule has 7 nitrogen and oxygen atoms in total. The molecule has 3 aromatic heterocycles. The molecule has 35 heavy (non-hydrogen) atoms. The van der Waals surface area contributed by atoms with Gasteiger partial charge in [0.2, 0.25) is 11.9 Å². The van der Waals surface area contributed by atoms with Gasteiger partial charge in [0.25, 0.3) is 0 Å². The van der Waals surface area contributed by atoms with Gasteiger partial charge >= 0.3 is 6.03 Å². The number of rotatable bonds is 7. The number of aromatic nitrogens is 3. The van der Waals surface area contributed by atoms with Crippen molar-refractivity contribution in [2.75, 3.05) is 31.5 Å². The number of halogens is 2. The lowest BCUT2D eigenvalue weighted by Crippen LogP contribution is -2.32. The van der Waals surface area contributed by atoms with Crippen LogP contribution in [0, 0.1) is 11.8 Å². The van der Waals surface area contributed by atoms with E-state index in [0.717, 1.165) is 45.8 Å². The zero-order valence-electron chi connectivity index (χ0n) is 18.7. The Hall–Kier alpha value is -3.66. The number of urea groups is 1. The number of thiophene rings is 1. The molecule has 0 atom stereocenters. The number of fused-ring (bicyclic) bond motifs is 1. The molecule has 2 aliphatic rings. The first-order valence-corrected chi connectivity index (χ1v) is 12.4. The Morgan fingerprint density at radius 3 is 2.83 bits per heavy atom. The van der Waals surface area contributed by atoms with Gasteiger partial charge in [-0.05, 0) is 41.3 Å². The molecule has 10 heteroatoms. The molecule has 6 rings (SSSR count). The SMILES string of the molecule is O=C1NCCN1CCNc1ncc(F)c(-c2cc3cccc(-c4cc(F)ncc4C4CC4)c3s2)n1. The number of amides is 2. The lowest BCUT2D eigenvalue weighted by Gasteiger charge is -2.14. The number of benzene rings is 1. The minimum atomic E-state index is -0.517. The molecule has 2 amide bonds. The average Bonchev–Trinajstić information content (AvgIpc) is 3.47. The molecule has 0 radical (unpaired) electrons. The van der Waals surface area contributed by atoms with Crippen molar-refractivity contribution in [1.82, 2.24) is 25.2 Å². The third kappa shape index (κ3) is 4.29. The van der Waals surface area contributed by atoms with E-state index in [9.17, 15) is 13.6 Å². The number of anilines is 1. The molecular weight excluding hydrogens is 470 g/mol. The number of nitrogens with one attached hydrogen (secondary N) is 2. The molecule has 1 aliphatic carbocycles. The largest absolute Gasteiger partial charge is 0.352 e. The van der Waals surface area contributed by atoms with Gasteiger partial charge in [-0.2, -0.15) is 4.39 Å². The third-order valence-corrected chi connectivity index (χ3v) is 7.53. The summed E-state index contributed by atoms with van der Waals surface area (Å²) in [5.41, 5.74) is 3.02. The fourth-order valence-corrected chi connectivity index (χ4v) is 5.62. The molecular formula is C25H22F2N6OS. The van der Waals surface area contributed by atoms with Crippen molar-refractivity contribution in [2.24, 2.45) is 0 Å². The van der Waals surface area contributed by atoms with Gasteiger partial charge in [0.1, 0.15) is 5.69 Å². The molecule has 2 N–H and O–H groups in total. The molecule has 0 bridgehead atoms. The molecule has 2 fully saturated rings. The highest BCUT2D eigenvalue weighted by Gasteiger charge is 2.28. The van der Waals surface area contributed by atoms with E-state index in [2.05, 4.69) is 25.6 Å². The minimum absolute atomic E-state index is 0.0903. The van der Waals surface area contributed by atoms with E-state index in [1.165, 1.54) is 17.4 Å². The van der Waals surface area contributed by atoms with E-state index in [4.69, 9.17) is 0 Å². The summed E-state index contributed by atoms with van der Waals surface area (Å²) in [6.45, 7) is 2.24. The summed E-state index contributed by atoms with van der Waals surface area (Å²) in [6, 6.07) is 9.18. The Kier molecular flexibility index (Phi) is 5.52. The maximum absolute atomic E-state index is 14.8. The first-order valence-electron chi connectivity index (χ1n) is 11.5. The highest BCUT2D eigenvalue weighted by Crippen LogP contribution is 2.47. The van der Waals surface area contributed by atoms with Crippen molar-refractivity contribution in [3.05, 3.63) is 60.1 Å². The second kappa shape index (κ2) is 8.84. The highest BCUT2D eigenvalue weighted by molar-refractivity contribution is 7.22. The Morgan fingerprint density at radius 1 is 1.14 bits per heavy atom. The molecule has 0 spiro atoms. The summed E-state index contributed by atoms with van der Waals surface area (Å²) in [5.74, 6) is -0.323. The van der Waals surface area contributed by atoms with Crippen LogP contribution < -0.4 is 10.6 Å². The molecule has 4 heterocycles. The van der Waals surface area contributed by atoms with Crippen LogP contribution >= 0.6 is 11.3 Å². The van der Waals surface area contributed by atoms with Gasteiger partial charge in [-0.1, -0.05) is 18.2 Å². The monoisotopic (exact) mass is 492 g/mol. The standard InChI is InChI=1S/C25H22F2N6OS/c26-19-13-31-24(28-6-8-33-9-7-29-25(33)34)32-22(19)20-10-15-2-1-3-16(23(15)35-20)17-11-21(27)30-12-18(17)14-4-5-14/h1-3,10-14H,4-9H2,(H,29,34)(H,28,31,32). The number of carbonyl (C=O) groups is 1. The summed E-state index contributed by atoms with van der Waals surface area (Å²) in [6.07, 6.45) is 4.96. The maximum atomic E-state index is 14.8. The van der Waals surface area contributed by atoms with Gasteiger partial charge in [0.05, 0.1) is 11.1 Å². The number of hydrogen-bond acceptors (Lipinski definition) is 6. The van der Waals surface area contributed by atoms with E-state index in [-0.39, 0.29) is 11.7 Å². The maximum Gasteiger partial charge on any atom is 0.317 e. The van der Waals surface area contributed by atoms with Crippen molar-refractivity contribution in [1.29, 1.82) is 0 Å². The molecule has 178 valence electrons. The van der Waals surface area contributed by atoms with Crippen molar-refractivity contribution in [3.8, 4) is 21.7 Å². The van der Waals surface area contributed by atoms with E-state index < -0.39 is 11.8 Å².